The van der Waals surface area contributed by atoms with Crippen LogP contribution in [0.4, 0.5) is 0 Å². The molecule has 216 valence electrons. The van der Waals surface area contributed by atoms with Crippen LogP contribution in [0.15, 0.2) is 41.4 Å². The number of aryl methyl sites for hydroxylation is 2. The summed E-state index contributed by atoms with van der Waals surface area (Å²) in [4.78, 5) is 31.3. The van der Waals surface area contributed by atoms with Crippen LogP contribution >= 0.6 is 0 Å². The molecule has 1 aromatic carbocycles. The van der Waals surface area contributed by atoms with Crippen LogP contribution in [-0.4, -0.2) is 68.2 Å². The molecule has 1 aliphatic heterocycles. The van der Waals surface area contributed by atoms with Gasteiger partial charge in [-0.15, -0.1) is 0 Å². The number of aromatic nitrogens is 5. The highest BCUT2D eigenvalue weighted by Gasteiger charge is 2.32. The molecule has 0 spiro atoms. The van der Waals surface area contributed by atoms with E-state index < -0.39 is 22.1 Å². The second-order valence-corrected chi connectivity index (χ2v) is 12.4. The zero-order chi connectivity index (χ0) is 29.0. The molecular weight excluding hydrogens is 532 g/mol. The minimum atomic E-state index is -3.89. The third-order valence-electron chi connectivity index (χ3n) is 7.16. The molecular formula is C27H38N8O4S. The van der Waals surface area contributed by atoms with E-state index in [4.69, 9.17) is 0 Å². The Hall–Kier alpha value is -3.58. The molecule has 2 amide bonds. The molecule has 40 heavy (non-hydrogen) atoms. The van der Waals surface area contributed by atoms with Gasteiger partial charge in [0.1, 0.15) is 22.6 Å². The highest BCUT2D eigenvalue weighted by Crippen LogP contribution is 2.23. The van der Waals surface area contributed by atoms with Crippen molar-refractivity contribution in [3.63, 3.8) is 0 Å². The van der Waals surface area contributed by atoms with Crippen molar-refractivity contribution in [2.24, 2.45) is 13.0 Å². The van der Waals surface area contributed by atoms with Gasteiger partial charge in [-0.2, -0.15) is 14.5 Å². The zero-order valence-corrected chi connectivity index (χ0v) is 24.5. The Bertz CT molecular complexity index is 1450. The SMILES string of the molecule is Cc1nc2n(n1)CCN(S(=O)(=O)c1cnn(C)c1C)CCCC(=O)N[C@@H](Cc1ccccc1)C(=O)N[C@@H]2C(C)C. The molecule has 4 rings (SSSR count). The third kappa shape index (κ3) is 6.58. The summed E-state index contributed by atoms with van der Waals surface area (Å²) in [6.45, 7) is 7.87. The number of fused-ring (bicyclic) bond motifs is 1. The van der Waals surface area contributed by atoms with Crippen molar-refractivity contribution in [2.75, 3.05) is 13.1 Å². The van der Waals surface area contributed by atoms with Crippen LogP contribution in [0.25, 0.3) is 0 Å². The number of sulfonamides is 1. The Kier molecular flexibility index (Phi) is 9.04. The van der Waals surface area contributed by atoms with Gasteiger partial charge in [0.2, 0.25) is 21.8 Å². The lowest BCUT2D eigenvalue weighted by atomic mass is 10.0. The molecule has 2 N–H and O–H groups in total. The molecule has 0 bridgehead atoms. The molecule has 2 aromatic heterocycles. The van der Waals surface area contributed by atoms with E-state index in [9.17, 15) is 18.0 Å². The number of carbonyl (C=O) groups is 2. The van der Waals surface area contributed by atoms with Gasteiger partial charge >= 0.3 is 0 Å². The molecule has 12 nitrogen and oxygen atoms in total. The van der Waals surface area contributed by atoms with Crippen molar-refractivity contribution in [3.8, 4) is 0 Å². The number of carbonyl (C=O) groups excluding carboxylic acids is 2. The molecule has 3 heterocycles. The van der Waals surface area contributed by atoms with E-state index >= 15 is 0 Å². The lowest BCUT2D eigenvalue weighted by Crippen LogP contribution is -2.50. The topological polar surface area (TPSA) is 144 Å². The largest absolute Gasteiger partial charge is 0.344 e. The van der Waals surface area contributed by atoms with Gasteiger partial charge in [-0.25, -0.2) is 18.1 Å². The van der Waals surface area contributed by atoms with Crippen LogP contribution in [0, 0.1) is 19.8 Å². The zero-order valence-electron chi connectivity index (χ0n) is 23.7. The van der Waals surface area contributed by atoms with Crippen LogP contribution in [0.3, 0.4) is 0 Å². The highest BCUT2D eigenvalue weighted by molar-refractivity contribution is 7.89. The molecule has 3 aromatic rings. The van der Waals surface area contributed by atoms with Gasteiger partial charge in [-0.1, -0.05) is 44.2 Å². The molecule has 0 unspecified atom stereocenters. The lowest BCUT2D eigenvalue weighted by Gasteiger charge is -2.27. The fraction of sp³-hybridized carbons (Fsp3) is 0.519. The summed E-state index contributed by atoms with van der Waals surface area (Å²) in [5.41, 5.74) is 1.44. The van der Waals surface area contributed by atoms with Gasteiger partial charge < -0.3 is 10.6 Å². The summed E-state index contributed by atoms with van der Waals surface area (Å²) < 4.78 is 32.0. The van der Waals surface area contributed by atoms with Crippen LogP contribution in [-0.2, 0) is 39.6 Å². The fourth-order valence-corrected chi connectivity index (χ4v) is 6.48. The highest BCUT2D eigenvalue weighted by atomic mass is 32.2. The van der Waals surface area contributed by atoms with Crippen molar-refractivity contribution in [2.45, 2.75) is 70.5 Å². The standard InChI is InChI=1S/C27H38N8O4S/c1-18(2)25-26-29-20(4)32-35(26)15-14-34(40(38,39)23-17-28-33(5)19(23)3)13-9-12-24(36)30-22(27(37)31-25)16-21-10-7-6-8-11-21/h6-8,10-11,17-18,22,25H,9,12-16H2,1-5H3,(H,30,36)(H,31,37)/t22-,25+/m0/s1. The molecule has 0 saturated carbocycles. The van der Waals surface area contributed by atoms with Crippen LogP contribution in [0.5, 0.6) is 0 Å². The van der Waals surface area contributed by atoms with Gasteiger partial charge in [-0.3, -0.25) is 14.3 Å². The molecule has 0 radical (unpaired) electrons. The summed E-state index contributed by atoms with van der Waals surface area (Å²) in [7, 11) is -2.20. The molecule has 1 aliphatic rings. The average molecular weight is 571 g/mol. The maximum absolute atomic E-state index is 13.7. The van der Waals surface area contributed by atoms with Gasteiger partial charge in [0.25, 0.3) is 0 Å². The first-order chi connectivity index (χ1) is 19.0. The first-order valence-electron chi connectivity index (χ1n) is 13.5. The summed E-state index contributed by atoms with van der Waals surface area (Å²) >= 11 is 0. The summed E-state index contributed by atoms with van der Waals surface area (Å²) in [5, 5.41) is 14.6. The fourth-order valence-electron chi connectivity index (χ4n) is 4.82. The molecule has 2 atom stereocenters. The van der Waals surface area contributed by atoms with Gasteiger partial charge in [0.05, 0.1) is 24.5 Å². The maximum atomic E-state index is 13.7. The van der Waals surface area contributed by atoms with Gasteiger partial charge in [0, 0.05) is 33.0 Å². The predicted molar refractivity (Wildman–Crippen MR) is 148 cm³/mol. The summed E-state index contributed by atoms with van der Waals surface area (Å²) in [6.07, 6.45) is 2.02. The normalized spacial score (nSPS) is 20.1. The monoisotopic (exact) mass is 570 g/mol. The quantitative estimate of drug-likeness (QED) is 0.475. The predicted octanol–water partition coefficient (Wildman–Crippen LogP) is 1.65. The van der Waals surface area contributed by atoms with Crippen molar-refractivity contribution in [3.05, 3.63) is 59.4 Å². The van der Waals surface area contributed by atoms with Gasteiger partial charge in [0.15, 0.2) is 0 Å². The number of rotatable bonds is 5. The number of benzene rings is 1. The summed E-state index contributed by atoms with van der Waals surface area (Å²) in [6, 6.07) is 8.18. The smallest absolute Gasteiger partial charge is 0.246 e. The Balaban J connectivity index is 1.70. The first-order valence-corrected chi connectivity index (χ1v) is 14.9. The van der Waals surface area contributed by atoms with E-state index in [1.165, 1.54) is 15.2 Å². The molecule has 13 heteroatoms. The van der Waals surface area contributed by atoms with Crippen molar-refractivity contribution in [1.29, 1.82) is 0 Å². The van der Waals surface area contributed by atoms with E-state index in [0.717, 1.165) is 5.56 Å². The molecule has 0 aliphatic carbocycles. The minimum Gasteiger partial charge on any atom is -0.344 e. The number of nitrogens with one attached hydrogen (secondary N) is 2. The third-order valence-corrected chi connectivity index (χ3v) is 9.17. The van der Waals surface area contributed by atoms with Crippen LogP contribution in [0.1, 0.15) is 55.6 Å². The van der Waals surface area contributed by atoms with Crippen molar-refractivity contribution in [1.82, 2.24) is 39.5 Å². The molecule has 0 fully saturated rings. The van der Waals surface area contributed by atoms with E-state index in [1.807, 2.05) is 44.2 Å². The Morgan fingerprint density at radius 3 is 2.42 bits per heavy atom. The number of amides is 2. The number of hydrogen-bond donors (Lipinski definition) is 2. The van der Waals surface area contributed by atoms with E-state index in [0.29, 0.717) is 23.8 Å². The van der Waals surface area contributed by atoms with E-state index in [2.05, 4.69) is 25.8 Å². The van der Waals surface area contributed by atoms with E-state index in [-0.39, 0.29) is 55.1 Å². The lowest BCUT2D eigenvalue weighted by molar-refractivity contribution is -0.129. The Morgan fingerprint density at radius 1 is 1.05 bits per heavy atom. The second-order valence-electron chi connectivity index (χ2n) is 10.5. The minimum absolute atomic E-state index is 0.0508. The van der Waals surface area contributed by atoms with Crippen LogP contribution in [0.2, 0.25) is 0 Å². The van der Waals surface area contributed by atoms with Crippen molar-refractivity contribution >= 4 is 21.8 Å². The van der Waals surface area contributed by atoms with E-state index in [1.54, 1.807) is 25.6 Å². The maximum Gasteiger partial charge on any atom is 0.246 e. The molecule has 0 saturated heterocycles. The second kappa shape index (κ2) is 12.3. The number of nitrogens with zero attached hydrogens (tertiary/aromatic N) is 6. The Morgan fingerprint density at radius 2 is 1.77 bits per heavy atom. The summed E-state index contributed by atoms with van der Waals surface area (Å²) in [5.74, 6) is 0.383. The van der Waals surface area contributed by atoms with Crippen LogP contribution < -0.4 is 10.6 Å². The Labute approximate surface area is 235 Å². The average Bonchev–Trinajstić information content (AvgIpc) is 3.44. The van der Waals surface area contributed by atoms with Gasteiger partial charge in [-0.05, 0) is 31.7 Å². The van der Waals surface area contributed by atoms with Crippen molar-refractivity contribution < 1.29 is 18.0 Å². The number of hydrogen-bond acceptors (Lipinski definition) is 7. The first kappa shape index (κ1) is 29.4.